The molecular weight excluding hydrogens is 263 g/mol. The van der Waals surface area contributed by atoms with Crippen molar-refractivity contribution in [2.45, 2.75) is 12.5 Å². The summed E-state index contributed by atoms with van der Waals surface area (Å²) in [5, 5.41) is 8.73. The maximum Gasteiger partial charge on any atom is 0.308 e. The molecule has 0 radical (unpaired) electrons. The standard InChI is InChI=1S/C14H15FN2O3/c1-19-14(18)7-11-9-17(4-5-20-11)13-3-2-10(8-16)6-12(13)15/h2-3,6,11H,4-5,7,9H2,1H3. The van der Waals surface area contributed by atoms with Crippen LogP contribution in [0.25, 0.3) is 0 Å². The Bertz CT molecular complexity index is 542. The molecule has 1 aromatic rings. The average molecular weight is 278 g/mol. The quantitative estimate of drug-likeness (QED) is 0.783. The third-order valence-electron chi connectivity index (χ3n) is 3.18. The van der Waals surface area contributed by atoms with E-state index in [0.29, 0.717) is 25.4 Å². The lowest BCUT2D eigenvalue weighted by atomic mass is 10.1. The molecule has 0 saturated carbocycles. The Balaban J connectivity index is 2.09. The van der Waals surface area contributed by atoms with Gasteiger partial charge in [0.15, 0.2) is 0 Å². The maximum atomic E-state index is 14.0. The molecule has 1 aliphatic rings. The molecule has 1 aromatic carbocycles. The van der Waals surface area contributed by atoms with Crippen molar-refractivity contribution in [3.8, 4) is 6.07 Å². The van der Waals surface area contributed by atoms with Gasteiger partial charge in [-0.25, -0.2) is 4.39 Å². The fourth-order valence-electron chi connectivity index (χ4n) is 2.16. The minimum Gasteiger partial charge on any atom is -0.469 e. The summed E-state index contributed by atoms with van der Waals surface area (Å²) in [5.74, 6) is -0.792. The van der Waals surface area contributed by atoms with Gasteiger partial charge in [0, 0.05) is 13.1 Å². The first-order chi connectivity index (χ1) is 9.63. The molecule has 1 heterocycles. The smallest absolute Gasteiger partial charge is 0.308 e. The van der Waals surface area contributed by atoms with E-state index in [1.165, 1.54) is 13.2 Å². The average Bonchev–Trinajstić information content (AvgIpc) is 2.47. The summed E-state index contributed by atoms with van der Waals surface area (Å²) >= 11 is 0. The second-order valence-corrected chi connectivity index (χ2v) is 4.50. The zero-order valence-electron chi connectivity index (χ0n) is 11.1. The Labute approximate surface area is 116 Å². The fraction of sp³-hybridized carbons (Fsp3) is 0.429. The van der Waals surface area contributed by atoms with Crippen LogP contribution < -0.4 is 4.90 Å². The van der Waals surface area contributed by atoms with E-state index >= 15 is 0 Å². The number of nitrogens with zero attached hydrogens (tertiary/aromatic N) is 2. The molecule has 1 atom stereocenters. The normalized spacial score (nSPS) is 18.4. The lowest BCUT2D eigenvalue weighted by Crippen LogP contribution is -2.43. The molecule has 106 valence electrons. The molecule has 1 saturated heterocycles. The van der Waals surface area contributed by atoms with Crippen LogP contribution in [0.4, 0.5) is 10.1 Å². The number of hydrogen-bond donors (Lipinski definition) is 0. The van der Waals surface area contributed by atoms with Gasteiger partial charge in [0.1, 0.15) is 5.82 Å². The molecule has 0 amide bonds. The Morgan fingerprint density at radius 3 is 3.10 bits per heavy atom. The first-order valence-electron chi connectivity index (χ1n) is 6.27. The van der Waals surface area contributed by atoms with E-state index in [1.807, 2.05) is 11.0 Å². The molecule has 5 nitrogen and oxygen atoms in total. The highest BCUT2D eigenvalue weighted by molar-refractivity contribution is 5.70. The molecule has 6 heteroatoms. The summed E-state index contributed by atoms with van der Waals surface area (Å²) in [4.78, 5) is 13.1. The largest absolute Gasteiger partial charge is 0.469 e. The van der Waals surface area contributed by atoms with Crippen molar-refractivity contribution < 1.29 is 18.7 Å². The molecule has 20 heavy (non-hydrogen) atoms. The van der Waals surface area contributed by atoms with Gasteiger partial charge >= 0.3 is 5.97 Å². The van der Waals surface area contributed by atoms with Crippen LogP contribution in [0.5, 0.6) is 0 Å². The maximum absolute atomic E-state index is 14.0. The molecule has 1 unspecified atom stereocenters. The highest BCUT2D eigenvalue weighted by Crippen LogP contribution is 2.23. The van der Waals surface area contributed by atoms with Gasteiger partial charge < -0.3 is 14.4 Å². The number of methoxy groups -OCH3 is 1. The summed E-state index contributed by atoms with van der Waals surface area (Å²) in [7, 11) is 1.32. The number of anilines is 1. The van der Waals surface area contributed by atoms with Gasteiger partial charge in [-0.05, 0) is 18.2 Å². The molecule has 0 spiro atoms. The highest BCUT2D eigenvalue weighted by atomic mass is 19.1. The Kier molecular flexibility index (Phi) is 4.53. The van der Waals surface area contributed by atoms with E-state index in [2.05, 4.69) is 4.74 Å². The number of esters is 1. The van der Waals surface area contributed by atoms with Crippen molar-refractivity contribution in [1.82, 2.24) is 0 Å². The van der Waals surface area contributed by atoms with Crippen LogP contribution in [0.1, 0.15) is 12.0 Å². The topological polar surface area (TPSA) is 62.6 Å². The second kappa shape index (κ2) is 6.35. The van der Waals surface area contributed by atoms with Crippen molar-refractivity contribution in [2.75, 3.05) is 31.7 Å². The van der Waals surface area contributed by atoms with Crippen LogP contribution in [0, 0.1) is 17.1 Å². The van der Waals surface area contributed by atoms with Gasteiger partial charge in [0.2, 0.25) is 0 Å². The summed E-state index contributed by atoms with van der Waals surface area (Å²) in [6.07, 6.45) is -0.170. The first-order valence-corrected chi connectivity index (χ1v) is 6.27. The van der Waals surface area contributed by atoms with E-state index in [4.69, 9.17) is 10.00 Å². The number of benzene rings is 1. The molecule has 1 fully saturated rings. The Morgan fingerprint density at radius 2 is 2.45 bits per heavy atom. The highest BCUT2D eigenvalue weighted by Gasteiger charge is 2.25. The second-order valence-electron chi connectivity index (χ2n) is 4.50. The van der Waals surface area contributed by atoms with E-state index < -0.39 is 5.82 Å². The monoisotopic (exact) mass is 278 g/mol. The molecular formula is C14H15FN2O3. The predicted molar refractivity (Wildman–Crippen MR) is 69.7 cm³/mol. The van der Waals surface area contributed by atoms with E-state index in [-0.39, 0.29) is 24.1 Å². The number of hydrogen-bond acceptors (Lipinski definition) is 5. The van der Waals surface area contributed by atoms with Gasteiger partial charge in [-0.2, -0.15) is 5.26 Å². The van der Waals surface area contributed by atoms with Crippen LogP contribution in [0.3, 0.4) is 0 Å². The van der Waals surface area contributed by atoms with Gasteiger partial charge in [-0.1, -0.05) is 0 Å². The SMILES string of the molecule is COC(=O)CC1CN(c2ccc(C#N)cc2F)CCO1. The van der Waals surface area contributed by atoms with E-state index in [1.54, 1.807) is 12.1 Å². The van der Waals surface area contributed by atoms with Crippen LogP contribution in [0.15, 0.2) is 18.2 Å². The first kappa shape index (κ1) is 14.3. The van der Waals surface area contributed by atoms with Gasteiger partial charge in [-0.3, -0.25) is 4.79 Å². The summed E-state index contributed by atoms with van der Waals surface area (Å²) in [6.45, 7) is 1.37. The van der Waals surface area contributed by atoms with Crippen LogP contribution >= 0.6 is 0 Å². The van der Waals surface area contributed by atoms with Crippen molar-refractivity contribution in [2.24, 2.45) is 0 Å². The number of ether oxygens (including phenoxy) is 2. The van der Waals surface area contributed by atoms with Crippen molar-refractivity contribution in [1.29, 1.82) is 5.26 Å². The summed E-state index contributed by atoms with van der Waals surface area (Å²) in [6, 6.07) is 6.25. The fourth-order valence-corrected chi connectivity index (χ4v) is 2.16. The van der Waals surface area contributed by atoms with Crippen LogP contribution in [-0.4, -0.2) is 38.9 Å². The van der Waals surface area contributed by atoms with Gasteiger partial charge in [0.05, 0.1) is 43.6 Å². The zero-order valence-corrected chi connectivity index (χ0v) is 11.1. The summed E-state index contributed by atoms with van der Waals surface area (Å²) < 4.78 is 24.0. The zero-order chi connectivity index (χ0) is 14.5. The predicted octanol–water partition coefficient (Wildman–Crippen LogP) is 1.47. The van der Waals surface area contributed by atoms with E-state index in [0.717, 1.165) is 0 Å². The minimum absolute atomic E-state index is 0.144. The number of nitriles is 1. The molecule has 2 rings (SSSR count). The van der Waals surface area contributed by atoms with Crippen molar-refractivity contribution in [3.05, 3.63) is 29.6 Å². The van der Waals surface area contributed by atoms with Crippen LogP contribution in [-0.2, 0) is 14.3 Å². The van der Waals surface area contributed by atoms with Gasteiger partial charge in [0.25, 0.3) is 0 Å². The number of halogens is 1. The van der Waals surface area contributed by atoms with Crippen molar-refractivity contribution in [3.63, 3.8) is 0 Å². The minimum atomic E-state index is -0.442. The Morgan fingerprint density at radius 1 is 1.65 bits per heavy atom. The summed E-state index contributed by atoms with van der Waals surface area (Å²) in [5.41, 5.74) is 0.702. The lowest BCUT2D eigenvalue weighted by Gasteiger charge is -2.34. The number of carbonyl (C=O) groups is 1. The molecule has 0 N–H and O–H groups in total. The number of rotatable bonds is 3. The molecule has 0 aliphatic carbocycles. The molecule has 0 aromatic heterocycles. The van der Waals surface area contributed by atoms with Crippen molar-refractivity contribution >= 4 is 11.7 Å². The lowest BCUT2D eigenvalue weighted by molar-refractivity contribution is -0.144. The third kappa shape index (κ3) is 3.25. The van der Waals surface area contributed by atoms with E-state index in [9.17, 15) is 9.18 Å². The molecule has 1 aliphatic heterocycles. The van der Waals surface area contributed by atoms with Crippen LogP contribution in [0.2, 0.25) is 0 Å². The molecule has 0 bridgehead atoms. The third-order valence-corrected chi connectivity index (χ3v) is 3.18. The number of carbonyl (C=O) groups excluding carboxylic acids is 1. The van der Waals surface area contributed by atoms with Gasteiger partial charge in [-0.15, -0.1) is 0 Å². The Hall–Kier alpha value is -2.13. The number of morpholine rings is 1.